The molecule has 0 atom stereocenters. The van der Waals surface area contributed by atoms with Crippen LogP contribution < -0.4 is 0 Å². The van der Waals surface area contributed by atoms with E-state index in [0.29, 0.717) is 126 Å². The minimum atomic E-state index is -0.469. The maximum atomic E-state index is 11.5. The zero-order chi connectivity index (χ0) is 28.0. The molecule has 0 saturated carbocycles. The van der Waals surface area contributed by atoms with Crippen LogP contribution >= 0.6 is 0 Å². The van der Waals surface area contributed by atoms with Crippen molar-refractivity contribution >= 4 is 5.97 Å². The molecule has 0 aliphatic rings. The molecule has 38 heavy (non-hydrogen) atoms. The summed E-state index contributed by atoms with van der Waals surface area (Å²) < 4.78 is 58.7. The van der Waals surface area contributed by atoms with E-state index < -0.39 is 5.60 Å². The van der Waals surface area contributed by atoms with Gasteiger partial charge in [0.15, 0.2) is 0 Å². The van der Waals surface area contributed by atoms with Gasteiger partial charge in [-0.3, -0.25) is 4.79 Å². The second kappa shape index (κ2) is 29.1. The van der Waals surface area contributed by atoms with Crippen LogP contribution in [0.2, 0.25) is 0 Å². The first-order valence-electron chi connectivity index (χ1n) is 13.4. The highest BCUT2D eigenvalue weighted by Crippen LogP contribution is 2.08. The molecule has 0 aliphatic heterocycles. The van der Waals surface area contributed by atoms with Crippen molar-refractivity contribution in [1.29, 1.82) is 0 Å². The third-order valence-corrected chi connectivity index (χ3v) is 4.28. The Morgan fingerprint density at radius 1 is 0.421 bits per heavy atom. The Morgan fingerprint density at radius 3 is 0.895 bits per heavy atom. The quantitative estimate of drug-likeness (QED) is 0.0942. The van der Waals surface area contributed by atoms with E-state index in [1.54, 1.807) is 7.11 Å². The van der Waals surface area contributed by atoms with Gasteiger partial charge >= 0.3 is 5.97 Å². The van der Waals surface area contributed by atoms with Crippen molar-refractivity contribution in [3.8, 4) is 0 Å². The largest absolute Gasteiger partial charge is 0.460 e. The van der Waals surface area contributed by atoms with Crippen LogP contribution in [0.5, 0.6) is 0 Å². The first-order chi connectivity index (χ1) is 18.5. The maximum Gasteiger partial charge on any atom is 0.308 e. The van der Waals surface area contributed by atoms with E-state index in [1.165, 1.54) is 0 Å². The number of hydrogen-bond acceptors (Lipinski definition) is 12. The third kappa shape index (κ3) is 33.1. The molecule has 0 rings (SSSR count). The van der Waals surface area contributed by atoms with Crippen molar-refractivity contribution in [2.24, 2.45) is 0 Å². The summed E-state index contributed by atoms with van der Waals surface area (Å²) in [5.74, 6) is -0.262. The standard InChI is InChI=1S/C26H52O12/c1-26(2,3)38-25(27)5-6-29-9-10-31-13-14-33-17-18-35-21-22-37-24-23-36-20-19-34-16-15-32-12-11-30-8-7-28-4/h5-24H2,1-4H3. The molecule has 0 aliphatic carbocycles. The van der Waals surface area contributed by atoms with Gasteiger partial charge in [0.2, 0.25) is 0 Å². The van der Waals surface area contributed by atoms with Gasteiger partial charge < -0.3 is 52.1 Å². The lowest BCUT2D eigenvalue weighted by molar-refractivity contribution is -0.156. The highest BCUT2D eigenvalue weighted by molar-refractivity contribution is 5.69. The summed E-state index contributed by atoms with van der Waals surface area (Å²) >= 11 is 0. The SMILES string of the molecule is COCCOCCOCCOCCOCCOCCOCCOCCOCCOCCC(=O)OC(C)(C)C. The number of methoxy groups -OCH3 is 1. The second-order valence-corrected chi connectivity index (χ2v) is 8.84. The molecule has 0 aromatic rings. The van der Waals surface area contributed by atoms with Gasteiger partial charge in [0, 0.05) is 7.11 Å². The van der Waals surface area contributed by atoms with Gasteiger partial charge in [-0.2, -0.15) is 0 Å². The van der Waals surface area contributed by atoms with Crippen molar-refractivity contribution in [2.45, 2.75) is 32.8 Å². The molecule has 0 saturated heterocycles. The molecule has 0 unspecified atom stereocenters. The molecule has 12 heteroatoms. The molecular weight excluding hydrogens is 504 g/mol. The van der Waals surface area contributed by atoms with Crippen LogP contribution in [0, 0.1) is 0 Å². The summed E-state index contributed by atoms with van der Waals surface area (Å²) in [6.45, 7) is 15.0. The van der Waals surface area contributed by atoms with E-state index in [-0.39, 0.29) is 12.4 Å². The normalized spacial score (nSPS) is 11.8. The Kier molecular flexibility index (Phi) is 28.4. The highest BCUT2D eigenvalue weighted by Gasteiger charge is 2.15. The lowest BCUT2D eigenvalue weighted by atomic mass is 10.2. The molecule has 0 radical (unpaired) electrons. The Bertz CT molecular complexity index is 487. The first kappa shape index (κ1) is 37.1. The summed E-state index contributed by atoms with van der Waals surface area (Å²) in [6.07, 6.45) is 0.236. The lowest BCUT2D eigenvalue weighted by Crippen LogP contribution is -2.24. The van der Waals surface area contributed by atoms with E-state index in [1.807, 2.05) is 20.8 Å². The number of carbonyl (C=O) groups excluding carboxylic acids is 1. The molecule has 12 nitrogen and oxygen atoms in total. The van der Waals surface area contributed by atoms with E-state index >= 15 is 0 Å². The molecular formula is C26H52O12. The Labute approximate surface area is 228 Å². The van der Waals surface area contributed by atoms with Gasteiger partial charge in [0.05, 0.1) is 132 Å². The Hall–Kier alpha value is -0.930. The van der Waals surface area contributed by atoms with Crippen molar-refractivity contribution in [2.75, 3.05) is 133 Å². The molecule has 0 aromatic carbocycles. The molecule has 0 aromatic heterocycles. The van der Waals surface area contributed by atoms with Gasteiger partial charge in [0.1, 0.15) is 5.60 Å². The minimum absolute atomic E-state index is 0.236. The summed E-state index contributed by atoms with van der Waals surface area (Å²) in [4.78, 5) is 11.5. The van der Waals surface area contributed by atoms with Crippen molar-refractivity contribution in [1.82, 2.24) is 0 Å². The second-order valence-electron chi connectivity index (χ2n) is 8.84. The topological polar surface area (TPSA) is 119 Å². The van der Waals surface area contributed by atoms with Crippen LogP contribution in [0.1, 0.15) is 27.2 Å². The minimum Gasteiger partial charge on any atom is -0.460 e. The van der Waals surface area contributed by atoms with Gasteiger partial charge in [-0.05, 0) is 20.8 Å². The fourth-order valence-corrected chi connectivity index (χ4v) is 2.55. The summed E-state index contributed by atoms with van der Waals surface area (Å²) in [5, 5.41) is 0. The molecule has 0 bridgehead atoms. The number of carbonyl (C=O) groups is 1. The predicted molar refractivity (Wildman–Crippen MR) is 140 cm³/mol. The van der Waals surface area contributed by atoms with Gasteiger partial charge in [-0.25, -0.2) is 0 Å². The zero-order valence-corrected chi connectivity index (χ0v) is 24.0. The van der Waals surface area contributed by atoms with Crippen molar-refractivity contribution < 1.29 is 56.9 Å². The number of ether oxygens (including phenoxy) is 11. The van der Waals surface area contributed by atoms with E-state index in [9.17, 15) is 4.79 Å². The van der Waals surface area contributed by atoms with Crippen LogP contribution in [0.4, 0.5) is 0 Å². The van der Waals surface area contributed by atoms with Gasteiger partial charge in [-0.1, -0.05) is 0 Å². The fraction of sp³-hybridized carbons (Fsp3) is 0.962. The van der Waals surface area contributed by atoms with E-state index in [4.69, 9.17) is 52.1 Å². The maximum absolute atomic E-state index is 11.5. The Balaban J connectivity index is 3.09. The molecule has 0 N–H and O–H groups in total. The monoisotopic (exact) mass is 556 g/mol. The molecule has 0 heterocycles. The highest BCUT2D eigenvalue weighted by atomic mass is 16.6. The molecule has 0 spiro atoms. The average molecular weight is 557 g/mol. The average Bonchev–Trinajstić information content (AvgIpc) is 2.86. The van der Waals surface area contributed by atoms with Crippen LogP contribution in [-0.4, -0.2) is 144 Å². The number of rotatable bonds is 30. The van der Waals surface area contributed by atoms with Gasteiger partial charge in [-0.15, -0.1) is 0 Å². The molecule has 0 amide bonds. The predicted octanol–water partition coefficient (Wildman–Crippen LogP) is 1.51. The lowest BCUT2D eigenvalue weighted by Gasteiger charge is -2.19. The van der Waals surface area contributed by atoms with Crippen molar-refractivity contribution in [3.63, 3.8) is 0 Å². The molecule has 228 valence electrons. The van der Waals surface area contributed by atoms with Crippen LogP contribution in [-0.2, 0) is 56.9 Å². The van der Waals surface area contributed by atoms with Crippen molar-refractivity contribution in [3.05, 3.63) is 0 Å². The number of hydrogen-bond donors (Lipinski definition) is 0. The van der Waals surface area contributed by atoms with E-state index in [0.717, 1.165) is 0 Å². The molecule has 0 fully saturated rings. The first-order valence-corrected chi connectivity index (χ1v) is 13.4. The summed E-state index contributed by atoms with van der Waals surface area (Å²) in [5.41, 5.74) is -0.469. The summed E-state index contributed by atoms with van der Waals surface area (Å²) in [6, 6.07) is 0. The Morgan fingerprint density at radius 2 is 0.658 bits per heavy atom. The number of esters is 1. The van der Waals surface area contributed by atoms with Crippen LogP contribution in [0.25, 0.3) is 0 Å². The zero-order valence-electron chi connectivity index (χ0n) is 24.0. The fourth-order valence-electron chi connectivity index (χ4n) is 2.55. The summed E-state index contributed by atoms with van der Waals surface area (Å²) in [7, 11) is 1.64. The van der Waals surface area contributed by atoms with E-state index in [2.05, 4.69) is 0 Å². The third-order valence-electron chi connectivity index (χ3n) is 4.28. The van der Waals surface area contributed by atoms with Crippen LogP contribution in [0.15, 0.2) is 0 Å². The van der Waals surface area contributed by atoms with Gasteiger partial charge in [0.25, 0.3) is 0 Å². The van der Waals surface area contributed by atoms with Crippen LogP contribution in [0.3, 0.4) is 0 Å². The smallest absolute Gasteiger partial charge is 0.308 e.